The van der Waals surface area contributed by atoms with Crippen molar-refractivity contribution in [3.63, 3.8) is 0 Å². The number of hydrogen-bond donors (Lipinski definition) is 2. The summed E-state index contributed by atoms with van der Waals surface area (Å²) in [6.07, 6.45) is -2.01. The Morgan fingerprint density at radius 1 is 1.30 bits per heavy atom. The van der Waals surface area contributed by atoms with Crippen molar-refractivity contribution < 1.29 is 18.0 Å². The summed E-state index contributed by atoms with van der Waals surface area (Å²) in [5, 5.41) is 5.97. The van der Waals surface area contributed by atoms with Crippen LogP contribution in [0.2, 0.25) is 0 Å². The molecule has 3 rings (SSSR count). The fraction of sp³-hybridized carbons (Fsp3) is 0.368. The van der Waals surface area contributed by atoms with Gasteiger partial charge in [-0.25, -0.2) is 4.98 Å². The van der Waals surface area contributed by atoms with Crippen molar-refractivity contribution in [3.8, 4) is 0 Å². The summed E-state index contributed by atoms with van der Waals surface area (Å²) in [6.45, 7) is 2.15. The number of benzene rings is 1. The second kappa shape index (κ2) is 7.96. The van der Waals surface area contributed by atoms with Gasteiger partial charge in [0.1, 0.15) is 5.82 Å². The van der Waals surface area contributed by atoms with Crippen LogP contribution in [0.4, 0.5) is 24.7 Å². The first-order valence-electron chi connectivity index (χ1n) is 8.71. The van der Waals surface area contributed by atoms with Gasteiger partial charge in [0.15, 0.2) is 0 Å². The fourth-order valence-electron chi connectivity index (χ4n) is 3.23. The zero-order chi connectivity index (χ0) is 19.4. The Labute approximate surface area is 155 Å². The van der Waals surface area contributed by atoms with E-state index in [1.165, 1.54) is 18.3 Å². The smallest absolute Gasteiger partial charge is 0.340 e. The number of amides is 1. The molecule has 1 saturated heterocycles. The molecule has 1 amide bonds. The molecule has 144 valence electrons. The molecule has 0 aliphatic carbocycles. The molecule has 27 heavy (non-hydrogen) atoms. The minimum absolute atomic E-state index is 0.170. The van der Waals surface area contributed by atoms with Crippen LogP contribution >= 0.6 is 0 Å². The predicted molar refractivity (Wildman–Crippen MR) is 96.9 cm³/mol. The number of anilines is 2. The van der Waals surface area contributed by atoms with Gasteiger partial charge in [0.05, 0.1) is 11.1 Å². The molecule has 1 aliphatic heterocycles. The maximum absolute atomic E-state index is 12.9. The SMILES string of the molecule is CNCC1CCN(C(=O)c2cccnc2Nc2cccc(C(F)(F)F)c2)C1. The summed E-state index contributed by atoms with van der Waals surface area (Å²) in [6, 6.07) is 8.11. The third kappa shape index (κ3) is 4.57. The Morgan fingerprint density at radius 2 is 2.11 bits per heavy atom. The average molecular weight is 378 g/mol. The summed E-state index contributed by atoms with van der Waals surface area (Å²) in [5.41, 5.74) is -0.183. The highest BCUT2D eigenvalue weighted by Crippen LogP contribution is 2.31. The van der Waals surface area contributed by atoms with Gasteiger partial charge in [-0.2, -0.15) is 13.2 Å². The molecule has 2 N–H and O–H groups in total. The highest BCUT2D eigenvalue weighted by molar-refractivity contribution is 5.99. The van der Waals surface area contributed by atoms with Crippen molar-refractivity contribution in [3.05, 3.63) is 53.7 Å². The number of likely N-dealkylation sites (tertiary alicyclic amines) is 1. The summed E-state index contributed by atoms with van der Waals surface area (Å²) in [7, 11) is 1.88. The molecule has 5 nitrogen and oxygen atoms in total. The van der Waals surface area contributed by atoms with E-state index in [1.54, 1.807) is 17.0 Å². The van der Waals surface area contributed by atoms with Gasteiger partial charge in [-0.3, -0.25) is 4.79 Å². The van der Waals surface area contributed by atoms with Gasteiger partial charge in [-0.05, 0) is 56.3 Å². The van der Waals surface area contributed by atoms with Gasteiger partial charge >= 0.3 is 6.18 Å². The molecular formula is C19H21F3N4O. The third-order valence-electron chi connectivity index (χ3n) is 4.56. The molecule has 0 radical (unpaired) electrons. The lowest BCUT2D eigenvalue weighted by atomic mass is 10.1. The van der Waals surface area contributed by atoms with E-state index in [4.69, 9.17) is 0 Å². The maximum atomic E-state index is 12.9. The Morgan fingerprint density at radius 3 is 2.85 bits per heavy atom. The van der Waals surface area contributed by atoms with Gasteiger partial charge in [-0.15, -0.1) is 0 Å². The standard InChI is InChI=1S/C19H21F3N4O/c1-23-11-13-7-9-26(12-13)18(27)16-6-3-8-24-17(16)25-15-5-2-4-14(10-15)19(20,21)22/h2-6,8,10,13,23H,7,9,11-12H2,1H3,(H,24,25). The third-order valence-corrected chi connectivity index (χ3v) is 4.56. The van der Waals surface area contributed by atoms with Crippen LogP contribution in [0.25, 0.3) is 0 Å². The van der Waals surface area contributed by atoms with E-state index in [2.05, 4.69) is 15.6 Å². The Bertz CT molecular complexity index is 810. The highest BCUT2D eigenvalue weighted by atomic mass is 19.4. The molecule has 1 aliphatic rings. The van der Waals surface area contributed by atoms with Crippen molar-refractivity contribution in [1.82, 2.24) is 15.2 Å². The molecule has 8 heteroatoms. The lowest BCUT2D eigenvalue weighted by Gasteiger charge is -2.19. The number of aromatic nitrogens is 1. The molecule has 0 spiro atoms. The summed E-state index contributed by atoms with van der Waals surface area (Å²) in [4.78, 5) is 18.8. The van der Waals surface area contributed by atoms with Crippen LogP contribution in [0, 0.1) is 5.92 Å². The minimum atomic E-state index is -4.43. The molecule has 2 aromatic rings. The molecule has 0 bridgehead atoms. The Kier molecular flexibility index (Phi) is 5.65. The molecule has 1 fully saturated rings. The first-order valence-corrected chi connectivity index (χ1v) is 8.71. The molecule has 1 aromatic heterocycles. The van der Waals surface area contributed by atoms with E-state index in [0.717, 1.165) is 25.1 Å². The van der Waals surface area contributed by atoms with E-state index < -0.39 is 11.7 Å². The van der Waals surface area contributed by atoms with Gasteiger partial charge in [0.25, 0.3) is 5.91 Å². The normalized spacial score (nSPS) is 17.2. The maximum Gasteiger partial charge on any atom is 0.416 e. The van der Waals surface area contributed by atoms with Crippen molar-refractivity contribution in [1.29, 1.82) is 0 Å². The van der Waals surface area contributed by atoms with Crippen LogP contribution in [0.5, 0.6) is 0 Å². The predicted octanol–water partition coefficient (Wildman–Crippen LogP) is 3.53. The average Bonchev–Trinajstić information content (AvgIpc) is 3.10. The van der Waals surface area contributed by atoms with Crippen LogP contribution < -0.4 is 10.6 Å². The Balaban J connectivity index is 1.80. The number of carbonyl (C=O) groups is 1. The van der Waals surface area contributed by atoms with Crippen molar-refractivity contribution in [2.45, 2.75) is 12.6 Å². The molecule has 1 aromatic carbocycles. The van der Waals surface area contributed by atoms with Gasteiger partial charge in [-0.1, -0.05) is 6.07 Å². The van der Waals surface area contributed by atoms with Crippen LogP contribution in [-0.4, -0.2) is 42.5 Å². The van der Waals surface area contributed by atoms with Gasteiger partial charge in [0.2, 0.25) is 0 Å². The molecule has 1 unspecified atom stereocenters. The lowest BCUT2D eigenvalue weighted by Crippen LogP contribution is -2.31. The second-order valence-electron chi connectivity index (χ2n) is 6.57. The largest absolute Gasteiger partial charge is 0.416 e. The Hall–Kier alpha value is -2.61. The molecule has 0 saturated carbocycles. The van der Waals surface area contributed by atoms with E-state index >= 15 is 0 Å². The zero-order valence-electron chi connectivity index (χ0n) is 14.9. The van der Waals surface area contributed by atoms with E-state index in [9.17, 15) is 18.0 Å². The van der Waals surface area contributed by atoms with Gasteiger partial charge in [0, 0.05) is 25.0 Å². The van der Waals surface area contributed by atoms with Crippen LogP contribution in [-0.2, 0) is 6.18 Å². The van der Waals surface area contributed by atoms with Crippen molar-refractivity contribution >= 4 is 17.4 Å². The summed E-state index contributed by atoms with van der Waals surface area (Å²) in [5.74, 6) is 0.477. The van der Waals surface area contributed by atoms with Crippen LogP contribution in [0.15, 0.2) is 42.6 Å². The van der Waals surface area contributed by atoms with Crippen LogP contribution in [0.1, 0.15) is 22.3 Å². The number of carbonyl (C=O) groups excluding carboxylic acids is 1. The number of nitrogens with zero attached hydrogens (tertiary/aromatic N) is 2. The van der Waals surface area contributed by atoms with E-state index in [0.29, 0.717) is 24.6 Å². The molecule has 1 atom stereocenters. The number of pyridine rings is 1. The number of halogens is 3. The number of nitrogens with one attached hydrogen (secondary N) is 2. The van der Waals surface area contributed by atoms with E-state index in [1.807, 2.05) is 7.05 Å². The minimum Gasteiger partial charge on any atom is -0.340 e. The lowest BCUT2D eigenvalue weighted by molar-refractivity contribution is -0.137. The summed E-state index contributed by atoms with van der Waals surface area (Å²) >= 11 is 0. The molecular weight excluding hydrogens is 357 g/mol. The van der Waals surface area contributed by atoms with Crippen molar-refractivity contribution in [2.75, 3.05) is 32.0 Å². The first-order chi connectivity index (χ1) is 12.9. The molecule has 2 heterocycles. The van der Waals surface area contributed by atoms with Crippen molar-refractivity contribution in [2.24, 2.45) is 5.92 Å². The zero-order valence-corrected chi connectivity index (χ0v) is 14.9. The number of alkyl halides is 3. The first kappa shape index (κ1) is 19.2. The number of rotatable bonds is 5. The van der Waals surface area contributed by atoms with E-state index in [-0.39, 0.29) is 17.4 Å². The highest BCUT2D eigenvalue weighted by Gasteiger charge is 2.31. The monoisotopic (exact) mass is 378 g/mol. The fourth-order valence-corrected chi connectivity index (χ4v) is 3.23. The topological polar surface area (TPSA) is 57.3 Å². The second-order valence-corrected chi connectivity index (χ2v) is 6.57. The number of hydrogen-bond acceptors (Lipinski definition) is 4. The summed E-state index contributed by atoms with van der Waals surface area (Å²) < 4.78 is 38.7. The quantitative estimate of drug-likeness (QED) is 0.836. The van der Waals surface area contributed by atoms with Gasteiger partial charge < -0.3 is 15.5 Å². The van der Waals surface area contributed by atoms with Crippen LogP contribution in [0.3, 0.4) is 0 Å².